The van der Waals surface area contributed by atoms with E-state index in [2.05, 4.69) is 10.6 Å². The van der Waals surface area contributed by atoms with Crippen molar-refractivity contribution in [3.8, 4) is 5.75 Å². The van der Waals surface area contributed by atoms with Crippen LogP contribution in [-0.4, -0.2) is 28.9 Å². The van der Waals surface area contributed by atoms with Gasteiger partial charge in [-0.15, -0.1) is 0 Å². The molecule has 0 bridgehead atoms. The summed E-state index contributed by atoms with van der Waals surface area (Å²) in [6.07, 6.45) is 0.348. The van der Waals surface area contributed by atoms with Gasteiger partial charge in [0.15, 0.2) is 0 Å². The van der Waals surface area contributed by atoms with E-state index < -0.39 is 11.7 Å². The number of phenols is 1. The molecular formula is C15H21FN2O3. The average Bonchev–Trinajstić information content (AvgIpc) is 3.06. The molecule has 21 heavy (non-hydrogen) atoms. The minimum atomic E-state index is -0.519. The van der Waals surface area contributed by atoms with Crippen molar-refractivity contribution in [2.75, 3.05) is 0 Å². The number of phenolic OH excluding ortho intramolecular Hbond substituents is 1. The Kier molecular flexibility index (Phi) is 4.37. The Morgan fingerprint density at radius 2 is 2.14 bits per heavy atom. The molecule has 1 saturated carbocycles. The van der Waals surface area contributed by atoms with Gasteiger partial charge in [-0.2, -0.15) is 0 Å². The normalized spacial score (nSPS) is 21.0. The van der Waals surface area contributed by atoms with Gasteiger partial charge < -0.3 is 20.5 Å². The van der Waals surface area contributed by atoms with Crippen LogP contribution < -0.4 is 10.6 Å². The molecule has 2 atom stereocenters. The maximum Gasteiger partial charge on any atom is 0.407 e. The molecule has 5 nitrogen and oxygen atoms in total. The zero-order valence-corrected chi connectivity index (χ0v) is 12.4. The number of carbonyl (C=O) groups is 1. The van der Waals surface area contributed by atoms with Crippen LogP contribution in [0, 0.1) is 5.82 Å². The summed E-state index contributed by atoms with van der Waals surface area (Å²) in [6, 6.07) is 3.95. The van der Waals surface area contributed by atoms with E-state index in [-0.39, 0.29) is 23.7 Å². The predicted molar refractivity (Wildman–Crippen MR) is 76.5 cm³/mol. The number of benzene rings is 1. The van der Waals surface area contributed by atoms with E-state index in [9.17, 15) is 14.3 Å². The molecular weight excluding hydrogens is 275 g/mol. The van der Waals surface area contributed by atoms with Crippen molar-refractivity contribution in [3.05, 3.63) is 29.6 Å². The van der Waals surface area contributed by atoms with E-state index in [1.165, 1.54) is 18.2 Å². The van der Waals surface area contributed by atoms with Crippen LogP contribution in [0.4, 0.5) is 9.18 Å². The Hall–Kier alpha value is -1.82. The SMILES string of the molecule is CC(C)(C)OC(=O)NC1CC1NCc1cc(F)ccc1O. The van der Waals surface area contributed by atoms with E-state index >= 15 is 0 Å². The molecule has 0 radical (unpaired) electrons. The molecule has 0 saturated heterocycles. The first-order chi connectivity index (χ1) is 9.74. The van der Waals surface area contributed by atoms with Crippen LogP contribution in [0.1, 0.15) is 32.8 Å². The van der Waals surface area contributed by atoms with Crippen molar-refractivity contribution in [1.82, 2.24) is 10.6 Å². The molecule has 0 aromatic heterocycles. The number of halogens is 1. The van der Waals surface area contributed by atoms with Gasteiger partial charge in [0.05, 0.1) is 0 Å². The molecule has 1 aromatic rings. The summed E-state index contributed by atoms with van der Waals surface area (Å²) in [7, 11) is 0. The molecule has 6 heteroatoms. The van der Waals surface area contributed by atoms with Gasteiger partial charge in [-0.3, -0.25) is 0 Å². The lowest BCUT2D eigenvalue weighted by Crippen LogP contribution is -2.36. The van der Waals surface area contributed by atoms with Crippen molar-refractivity contribution in [2.45, 2.75) is 51.4 Å². The summed E-state index contributed by atoms with van der Waals surface area (Å²) in [5, 5.41) is 15.5. The third kappa shape index (κ3) is 4.90. The maximum absolute atomic E-state index is 13.1. The molecule has 3 N–H and O–H groups in total. The minimum Gasteiger partial charge on any atom is -0.508 e. The Balaban J connectivity index is 1.75. The zero-order chi connectivity index (χ0) is 15.6. The molecule has 0 aliphatic heterocycles. The van der Waals surface area contributed by atoms with Gasteiger partial charge in [-0.1, -0.05) is 0 Å². The molecule has 0 heterocycles. The van der Waals surface area contributed by atoms with Gasteiger partial charge >= 0.3 is 6.09 Å². The minimum absolute atomic E-state index is 0.00977. The average molecular weight is 296 g/mol. The summed E-state index contributed by atoms with van der Waals surface area (Å²) in [5.74, 6) is -0.329. The monoisotopic (exact) mass is 296 g/mol. The number of alkyl carbamates (subject to hydrolysis) is 1. The molecule has 2 unspecified atom stereocenters. The van der Waals surface area contributed by atoms with E-state index in [4.69, 9.17) is 4.74 Å². The van der Waals surface area contributed by atoms with E-state index in [1.54, 1.807) is 0 Å². The zero-order valence-electron chi connectivity index (χ0n) is 12.4. The van der Waals surface area contributed by atoms with Crippen molar-refractivity contribution in [3.63, 3.8) is 0 Å². The Bertz CT molecular complexity index is 528. The number of amides is 1. The molecule has 1 aliphatic carbocycles. The lowest BCUT2D eigenvalue weighted by Gasteiger charge is -2.19. The lowest BCUT2D eigenvalue weighted by atomic mass is 10.2. The first-order valence-corrected chi connectivity index (χ1v) is 6.95. The second kappa shape index (κ2) is 5.89. The number of hydrogen-bond donors (Lipinski definition) is 3. The van der Waals surface area contributed by atoms with Crippen LogP contribution in [0.3, 0.4) is 0 Å². The highest BCUT2D eigenvalue weighted by Gasteiger charge is 2.38. The number of hydrogen-bond acceptors (Lipinski definition) is 4. The molecule has 2 rings (SSSR count). The Morgan fingerprint density at radius 3 is 2.81 bits per heavy atom. The van der Waals surface area contributed by atoms with Crippen molar-refractivity contribution >= 4 is 6.09 Å². The number of carbonyl (C=O) groups excluding carboxylic acids is 1. The standard InChI is InChI=1S/C15H21FN2O3/c1-15(2,3)21-14(20)18-12-7-11(12)17-8-9-6-10(16)4-5-13(9)19/h4-6,11-12,17,19H,7-8H2,1-3H3,(H,18,20). The lowest BCUT2D eigenvalue weighted by molar-refractivity contribution is 0.0522. The van der Waals surface area contributed by atoms with E-state index in [0.717, 1.165) is 6.42 Å². The van der Waals surface area contributed by atoms with Crippen LogP contribution in [0.5, 0.6) is 5.75 Å². The second-order valence-electron chi connectivity index (χ2n) is 6.25. The highest BCUT2D eigenvalue weighted by Crippen LogP contribution is 2.24. The van der Waals surface area contributed by atoms with Crippen molar-refractivity contribution in [2.24, 2.45) is 0 Å². The topological polar surface area (TPSA) is 70.6 Å². The van der Waals surface area contributed by atoms with Gasteiger partial charge in [-0.25, -0.2) is 9.18 Å². The van der Waals surface area contributed by atoms with Gasteiger partial charge in [-0.05, 0) is 45.4 Å². The Morgan fingerprint density at radius 1 is 1.43 bits per heavy atom. The third-order valence-electron chi connectivity index (χ3n) is 3.09. The second-order valence-corrected chi connectivity index (χ2v) is 6.25. The molecule has 1 aliphatic rings. The fourth-order valence-corrected chi connectivity index (χ4v) is 1.98. The van der Waals surface area contributed by atoms with Crippen molar-refractivity contribution < 1.29 is 19.0 Å². The first-order valence-electron chi connectivity index (χ1n) is 6.95. The number of ether oxygens (including phenoxy) is 1. The molecule has 1 fully saturated rings. The smallest absolute Gasteiger partial charge is 0.407 e. The Labute approximate surface area is 123 Å². The summed E-state index contributed by atoms with van der Waals surface area (Å²) in [4.78, 5) is 11.6. The van der Waals surface area contributed by atoms with Gasteiger partial charge in [0, 0.05) is 24.2 Å². The van der Waals surface area contributed by atoms with Gasteiger partial charge in [0.25, 0.3) is 0 Å². The molecule has 1 amide bonds. The summed E-state index contributed by atoms with van der Waals surface area (Å²) in [6.45, 7) is 5.77. The van der Waals surface area contributed by atoms with Crippen LogP contribution in [0.15, 0.2) is 18.2 Å². The summed E-state index contributed by atoms with van der Waals surface area (Å²) in [5.41, 5.74) is -0.0205. The third-order valence-corrected chi connectivity index (χ3v) is 3.09. The van der Waals surface area contributed by atoms with Crippen molar-refractivity contribution in [1.29, 1.82) is 0 Å². The van der Waals surface area contributed by atoms with E-state index in [0.29, 0.717) is 12.1 Å². The van der Waals surface area contributed by atoms with Gasteiger partial charge in [0.1, 0.15) is 17.2 Å². The van der Waals surface area contributed by atoms with Gasteiger partial charge in [0.2, 0.25) is 0 Å². The van der Waals surface area contributed by atoms with Crippen LogP contribution in [-0.2, 0) is 11.3 Å². The number of nitrogens with one attached hydrogen (secondary N) is 2. The molecule has 1 aromatic carbocycles. The van der Waals surface area contributed by atoms with E-state index in [1.807, 2.05) is 20.8 Å². The van der Waals surface area contributed by atoms with Crippen LogP contribution in [0.2, 0.25) is 0 Å². The summed E-state index contributed by atoms with van der Waals surface area (Å²) >= 11 is 0. The van der Waals surface area contributed by atoms with Crippen LogP contribution >= 0.6 is 0 Å². The largest absolute Gasteiger partial charge is 0.508 e. The first kappa shape index (κ1) is 15.6. The van der Waals surface area contributed by atoms with Crippen LogP contribution in [0.25, 0.3) is 0 Å². The number of rotatable bonds is 4. The highest BCUT2D eigenvalue weighted by atomic mass is 19.1. The predicted octanol–water partition coefficient (Wildman–Crippen LogP) is 2.29. The molecule has 0 spiro atoms. The highest BCUT2D eigenvalue weighted by molar-refractivity contribution is 5.68. The number of aromatic hydroxyl groups is 1. The fraction of sp³-hybridized carbons (Fsp3) is 0.533. The maximum atomic E-state index is 13.1. The molecule has 116 valence electrons. The quantitative estimate of drug-likeness (QED) is 0.797. The fourth-order valence-electron chi connectivity index (χ4n) is 1.98. The summed E-state index contributed by atoms with van der Waals surface area (Å²) < 4.78 is 18.2.